The van der Waals surface area contributed by atoms with Gasteiger partial charge >= 0.3 is 5.69 Å². The summed E-state index contributed by atoms with van der Waals surface area (Å²) in [7, 11) is 1.48. The van der Waals surface area contributed by atoms with Gasteiger partial charge in [0.05, 0.1) is 12.8 Å². The normalized spacial score (nSPS) is 12.3. The molecule has 0 bridgehead atoms. The minimum absolute atomic E-state index is 0.0329. The Balaban J connectivity index is 1.64. The monoisotopic (exact) mass is 464 g/mol. The molecule has 4 N–H and O–H groups in total. The zero-order chi connectivity index (χ0) is 24.2. The highest BCUT2D eigenvalue weighted by molar-refractivity contribution is 5.83. The fourth-order valence-corrected chi connectivity index (χ4v) is 3.42. The van der Waals surface area contributed by atoms with E-state index in [1.54, 1.807) is 24.3 Å². The average Bonchev–Trinajstić information content (AvgIpc) is 3.17. The van der Waals surface area contributed by atoms with Gasteiger partial charge in [-0.15, -0.1) is 0 Å². The molecule has 0 aliphatic rings. The van der Waals surface area contributed by atoms with Crippen molar-refractivity contribution in [3.8, 4) is 11.5 Å². The maximum absolute atomic E-state index is 12.6. The summed E-state index contributed by atoms with van der Waals surface area (Å²) in [6, 6.07) is 14.1. The van der Waals surface area contributed by atoms with Crippen LogP contribution in [0.25, 0.3) is 11.2 Å². The van der Waals surface area contributed by atoms with Crippen LogP contribution in [0.2, 0.25) is 0 Å². The van der Waals surface area contributed by atoms with Crippen molar-refractivity contribution in [3.63, 3.8) is 0 Å². The van der Waals surface area contributed by atoms with Gasteiger partial charge in [-0.05, 0) is 30.7 Å². The first-order valence-corrected chi connectivity index (χ1v) is 10.5. The molecular formula is C23H24N6O5. The number of phenolic OH excluding ortho intramolecular Hbond substituents is 1. The number of phenols is 1. The molecule has 0 fully saturated rings. The number of aromatic hydroxyl groups is 1. The molecule has 4 aromatic rings. The van der Waals surface area contributed by atoms with Crippen molar-refractivity contribution in [1.29, 1.82) is 0 Å². The van der Waals surface area contributed by atoms with Gasteiger partial charge in [0.1, 0.15) is 24.2 Å². The second kappa shape index (κ2) is 9.63. The molecule has 2 heterocycles. The summed E-state index contributed by atoms with van der Waals surface area (Å²) in [6.45, 7) is 1.81. The van der Waals surface area contributed by atoms with Crippen LogP contribution in [0.1, 0.15) is 11.1 Å². The number of imidazole rings is 1. The number of para-hydroxylation sites is 2. The van der Waals surface area contributed by atoms with E-state index in [-0.39, 0.29) is 36.0 Å². The number of aliphatic hydroxyl groups is 1. The van der Waals surface area contributed by atoms with Crippen molar-refractivity contribution in [1.82, 2.24) is 19.1 Å². The van der Waals surface area contributed by atoms with Gasteiger partial charge in [-0.25, -0.2) is 10.2 Å². The fourth-order valence-electron chi connectivity index (χ4n) is 3.42. The summed E-state index contributed by atoms with van der Waals surface area (Å²) < 4.78 is 8.35. The highest BCUT2D eigenvalue weighted by atomic mass is 16.5. The lowest BCUT2D eigenvalue weighted by Crippen LogP contribution is -2.30. The number of hydrazone groups is 1. The molecule has 2 aromatic carbocycles. The summed E-state index contributed by atoms with van der Waals surface area (Å²) >= 11 is 0. The maximum atomic E-state index is 12.6. The van der Waals surface area contributed by atoms with E-state index in [0.717, 1.165) is 5.56 Å². The van der Waals surface area contributed by atoms with Gasteiger partial charge < -0.3 is 19.5 Å². The van der Waals surface area contributed by atoms with E-state index >= 15 is 0 Å². The van der Waals surface area contributed by atoms with E-state index < -0.39 is 17.4 Å². The Morgan fingerprint density at radius 1 is 1.21 bits per heavy atom. The Morgan fingerprint density at radius 3 is 2.71 bits per heavy atom. The number of nitrogens with zero attached hydrogens (tertiary/aromatic N) is 4. The minimum atomic E-state index is -1.00. The lowest BCUT2D eigenvalue weighted by molar-refractivity contribution is 0.0935. The van der Waals surface area contributed by atoms with Crippen LogP contribution >= 0.6 is 0 Å². The van der Waals surface area contributed by atoms with Gasteiger partial charge in [0.25, 0.3) is 5.56 Å². The van der Waals surface area contributed by atoms with Crippen LogP contribution in [0.5, 0.6) is 11.5 Å². The topological polar surface area (TPSA) is 147 Å². The molecule has 0 amide bonds. The number of ether oxygens (including phenoxy) is 1. The number of hydrogen-bond donors (Lipinski definition) is 4. The number of anilines is 1. The van der Waals surface area contributed by atoms with E-state index in [9.17, 15) is 19.8 Å². The first-order chi connectivity index (χ1) is 16.3. The van der Waals surface area contributed by atoms with Gasteiger partial charge in [-0.1, -0.05) is 30.3 Å². The molecule has 0 radical (unpaired) electrons. The molecule has 1 unspecified atom stereocenters. The number of rotatable bonds is 8. The predicted molar refractivity (Wildman–Crippen MR) is 128 cm³/mol. The highest BCUT2D eigenvalue weighted by Crippen LogP contribution is 2.19. The smallest absolute Gasteiger partial charge is 0.329 e. The van der Waals surface area contributed by atoms with Crippen LogP contribution < -0.4 is 21.4 Å². The van der Waals surface area contributed by atoms with Gasteiger partial charge in [0, 0.05) is 12.6 Å². The third kappa shape index (κ3) is 4.69. The molecule has 0 spiro atoms. The second-order valence-electron chi connectivity index (χ2n) is 7.70. The molecule has 34 heavy (non-hydrogen) atoms. The van der Waals surface area contributed by atoms with Gasteiger partial charge in [0.15, 0.2) is 11.2 Å². The number of aryl methyl sites for hydroxylation is 2. The maximum Gasteiger partial charge on any atom is 0.329 e. The molecule has 176 valence electrons. The third-order valence-electron chi connectivity index (χ3n) is 5.23. The van der Waals surface area contributed by atoms with Crippen molar-refractivity contribution in [2.45, 2.75) is 19.6 Å². The quantitative estimate of drug-likeness (QED) is 0.227. The standard InChI is InChI=1S/C23H24N6O5/c1-14-7-3-6-10-18(14)34-13-16(30)12-29-19-20(28(2)23(33)26-21(19)32)25-22(29)27-24-11-15-8-4-5-9-17(15)31/h3-11,16,30-31H,12-13H2,1-2H3,(H,25,27)(H,26,32,33)/b24-11+. The number of aromatic amines is 1. The Hall–Kier alpha value is -4.38. The number of benzene rings is 2. The van der Waals surface area contributed by atoms with Gasteiger partial charge in [-0.3, -0.25) is 14.3 Å². The van der Waals surface area contributed by atoms with E-state index in [1.807, 2.05) is 25.1 Å². The molecule has 0 aliphatic heterocycles. The SMILES string of the molecule is Cc1ccccc1OCC(O)Cn1c(N/N=C/c2ccccc2O)nc2c1c(=O)[nH]c(=O)n2C. The zero-order valence-electron chi connectivity index (χ0n) is 18.6. The van der Waals surface area contributed by atoms with Crippen molar-refractivity contribution in [2.75, 3.05) is 12.0 Å². The summed E-state index contributed by atoms with van der Waals surface area (Å²) in [5.41, 5.74) is 3.09. The molecule has 2 aromatic heterocycles. The molecule has 0 aliphatic carbocycles. The van der Waals surface area contributed by atoms with Crippen molar-refractivity contribution in [3.05, 3.63) is 80.5 Å². The largest absolute Gasteiger partial charge is 0.507 e. The van der Waals surface area contributed by atoms with Crippen molar-refractivity contribution in [2.24, 2.45) is 12.1 Å². The van der Waals surface area contributed by atoms with E-state index in [0.29, 0.717) is 11.3 Å². The average molecular weight is 464 g/mol. The van der Waals surface area contributed by atoms with E-state index in [1.165, 1.54) is 28.5 Å². The van der Waals surface area contributed by atoms with E-state index in [2.05, 4.69) is 20.5 Å². The van der Waals surface area contributed by atoms with Crippen LogP contribution in [0, 0.1) is 6.92 Å². The molecular weight excluding hydrogens is 440 g/mol. The summed E-state index contributed by atoms with van der Waals surface area (Å²) in [6.07, 6.45) is 0.385. The van der Waals surface area contributed by atoms with Crippen molar-refractivity contribution < 1.29 is 14.9 Å². The number of aromatic nitrogens is 4. The molecule has 11 heteroatoms. The minimum Gasteiger partial charge on any atom is -0.507 e. The summed E-state index contributed by atoms with van der Waals surface area (Å²) in [5, 5.41) is 24.7. The van der Waals surface area contributed by atoms with Crippen molar-refractivity contribution >= 4 is 23.3 Å². The van der Waals surface area contributed by atoms with Crippen LogP contribution in [0.15, 0.2) is 63.2 Å². The number of H-pyrrole nitrogens is 1. The number of aliphatic hydroxyl groups excluding tert-OH is 1. The molecule has 0 saturated heterocycles. The molecule has 11 nitrogen and oxygen atoms in total. The fraction of sp³-hybridized carbons (Fsp3) is 0.217. The lowest BCUT2D eigenvalue weighted by Gasteiger charge is -2.16. The van der Waals surface area contributed by atoms with Crippen LogP contribution in [0.4, 0.5) is 5.95 Å². The van der Waals surface area contributed by atoms with Gasteiger partial charge in [0.2, 0.25) is 5.95 Å². The Kier molecular flexibility index (Phi) is 6.46. The molecule has 4 rings (SSSR count). The third-order valence-corrected chi connectivity index (χ3v) is 5.23. The molecule has 1 atom stereocenters. The van der Waals surface area contributed by atoms with Gasteiger partial charge in [-0.2, -0.15) is 10.1 Å². The van der Waals surface area contributed by atoms with E-state index in [4.69, 9.17) is 4.74 Å². The first-order valence-electron chi connectivity index (χ1n) is 10.5. The Morgan fingerprint density at radius 2 is 1.94 bits per heavy atom. The number of hydrogen-bond acceptors (Lipinski definition) is 8. The predicted octanol–water partition coefficient (Wildman–Crippen LogP) is 1.32. The lowest BCUT2D eigenvalue weighted by atomic mass is 10.2. The number of fused-ring (bicyclic) bond motifs is 1. The second-order valence-corrected chi connectivity index (χ2v) is 7.70. The first kappa shape index (κ1) is 22.8. The Bertz CT molecular complexity index is 1470. The summed E-state index contributed by atoms with van der Waals surface area (Å²) in [4.78, 5) is 31.2. The Labute approximate surface area is 193 Å². The van der Waals surface area contributed by atoms with Crippen LogP contribution in [-0.2, 0) is 13.6 Å². The zero-order valence-corrected chi connectivity index (χ0v) is 18.6. The number of nitrogens with one attached hydrogen (secondary N) is 2. The van der Waals surface area contributed by atoms with Crippen LogP contribution in [-0.4, -0.2) is 48.2 Å². The molecule has 0 saturated carbocycles. The summed E-state index contributed by atoms with van der Waals surface area (Å²) in [5.74, 6) is 0.815. The highest BCUT2D eigenvalue weighted by Gasteiger charge is 2.20. The van der Waals surface area contributed by atoms with Crippen LogP contribution in [0.3, 0.4) is 0 Å².